The number of hydrogen-bond donors (Lipinski definition) is 2. The van der Waals surface area contributed by atoms with Crippen molar-refractivity contribution in [2.24, 2.45) is 0 Å². The molecule has 86 valence electrons. The van der Waals surface area contributed by atoms with Crippen LogP contribution in [-0.2, 0) is 11.3 Å². The van der Waals surface area contributed by atoms with Crippen LogP contribution in [0.2, 0.25) is 0 Å². The molecule has 1 heterocycles. The highest BCUT2D eigenvalue weighted by Crippen LogP contribution is 2.11. The average molecular weight is 226 g/mol. The first kappa shape index (κ1) is 11.0. The smallest absolute Gasteiger partial charge is 0.221 e. The molecule has 1 aliphatic rings. The lowest BCUT2D eigenvalue weighted by Gasteiger charge is -2.10. The zero-order chi connectivity index (χ0) is 11.5. The Morgan fingerprint density at radius 1 is 1.44 bits per heavy atom. The Bertz CT molecular complexity index is 409. The third-order valence-electron chi connectivity index (χ3n) is 2.59. The first-order chi connectivity index (χ1) is 7.66. The van der Waals surface area contributed by atoms with E-state index in [0.29, 0.717) is 13.0 Å². The van der Waals surface area contributed by atoms with Crippen LogP contribution in [0.4, 0.5) is 8.78 Å². The second-order valence-electron chi connectivity index (χ2n) is 3.80. The number of benzene rings is 1. The van der Waals surface area contributed by atoms with E-state index < -0.39 is 11.6 Å². The number of halogens is 2. The van der Waals surface area contributed by atoms with Crippen LogP contribution in [0.25, 0.3) is 0 Å². The van der Waals surface area contributed by atoms with E-state index in [9.17, 15) is 13.6 Å². The van der Waals surface area contributed by atoms with E-state index in [1.54, 1.807) is 0 Å². The van der Waals surface area contributed by atoms with Gasteiger partial charge in [0.15, 0.2) is 11.6 Å². The summed E-state index contributed by atoms with van der Waals surface area (Å²) in [6, 6.07) is 4.07. The van der Waals surface area contributed by atoms with Gasteiger partial charge in [-0.3, -0.25) is 4.79 Å². The molecule has 0 bridgehead atoms. The molecule has 1 atom stereocenters. The predicted octanol–water partition coefficient (Wildman–Crippen LogP) is 0.943. The summed E-state index contributed by atoms with van der Waals surface area (Å²) >= 11 is 0. The summed E-state index contributed by atoms with van der Waals surface area (Å²) < 4.78 is 26.1. The first-order valence-corrected chi connectivity index (χ1v) is 5.10. The third-order valence-corrected chi connectivity index (χ3v) is 2.59. The minimum atomic E-state index is -0.847. The molecule has 2 N–H and O–H groups in total. The summed E-state index contributed by atoms with van der Waals surface area (Å²) in [4.78, 5) is 10.9. The minimum Gasteiger partial charge on any atom is -0.354 e. The molecule has 1 aromatic rings. The summed E-state index contributed by atoms with van der Waals surface area (Å²) in [6.07, 6.45) is 0.386. The van der Waals surface area contributed by atoms with Crippen molar-refractivity contribution >= 4 is 5.91 Å². The molecule has 16 heavy (non-hydrogen) atoms. The van der Waals surface area contributed by atoms with Crippen molar-refractivity contribution in [1.29, 1.82) is 0 Å². The molecule has 5 heteroatoms. The normalized spacial score (nSPS) is 19.9. The molecule has 1 aromatic carbocycles. The van der Waals surface area contributed by atoms with Crippen LogP contribution in [0, 0.1) is 11.6 Å². The van der Waals surface area contributed by atoms with E-state index in [0.717, 1.165) is 6.07 Å². The third kappa shape index (κ3) is 2.36. The highest BCUT2D eigenvalue weighted by molar-refractivity contribution is 5.78. The van der Waals surface area contributed by atoms with Crippen molar-refractivity contribution in [3.8, 4) is 0 Å². The molecule has 1 unspecified atom stereocenters. The van der Waals surface area contributed by atoms with Crippen molar-refractivity contribution in [2.75, 3.05) is 6.54 Å². The van der Waals surface area contributed by atoms with Crippen molar-refractivity contribution < 1.29 is 13.6 Å². The molecule has 3 nitrogen and oxygen atoms in total. The fourth-order valence-electron chi connectivity index (χ4n) is 1.69. The second kappa shape index (κ2) is 4.57. The maximum Gasteiger partial charge on any atom is 0.221 e. The molecule has 0 aromatic heterocycles. The maximum atomic E-state index is 13.3. The highest BCUT2D eigenvalue weighted by Gasteiger charge is 2.21. The van der Waals surface area contributed by atoms with Gasteiger partial charge in [-0.2, -0.15) is 0 Å². The van der Waals surface area contributed by atoms with Crippen molar-refractivity contribution in [3.63, 3.8) is 0 Å². The van der Waals surface area contributed by atoms with Gasteiger partial charge >= 0.3 is 0 Å². The van der Waals surface area contributed by atoms with Gasteiger partial charge in [-0.05, 0) is 6.07 Å². The Morgan fingerprint density at radius 3 is 2.94 bits per heavy atom. The summed E-state index contributed by atoms with van der Waals surface area (Å²) in [5.74, 6) is -1.69. The Balaban J connectivity index is 1.94. The van der Waals surface area contributed by atoms with Gasteiger partial charge in [0, 0.05) is 31.1 Å². The van der Waals surface area contributed by atoms with E-state index in [1.807, 2.05) is 0 Å². The van der Waals surface area contributed by atoms with Crippen LogP contribution in [0.1, 0.15) is 12.0 Å². The lowest BCUT2D eigenvalue weighted by atomic mass is 10.2. The zero-order valence-electron chi connectivity index (χ0n) is 8.59. The molecular formula is C11H12F2N2O. The second-order valence-corrected chi connectivity index (χ2v) is 3.80. The molecule has 0 aliphatic carbocycles. The Labute approximate surface area is 91.8 Å². The van der Waals surface area contributed by atoms with E-state index in [4.69, 9.17) is 0 Å². The van der Waals surface area contributed by atoms with Crippen molar-refractivity contribution in [3.05, 3.63) is 35.4 Å². The number of rotatable bonds is 3. The number of hydrogen-bond acceptors (Lipinski definition) is 2. The van der Waals surface area contributed by atoms with E-state index in [1.165, 1.54) is 12.1 Å². The van der Waals surface area contributed by atoms with Gasteiger partial charge in [-0.15, -0.1) is 0 Å². The van der Waals surface area contributed by atoms with Gasteiger partial charge < -0.3 is 10.6 Å². The molecular weight excluding hydrogens is 214 g/mol. The van der Waals surface area contributed by atoms with E-state index in [2.05, 4.69) is 10.6 Å². The van der Waals surface area contributed by atoms with Crippen LogP contribution in [0.15, 0.2) is 18.2 Å². The summed E-state index contributed by atoms with van der Waals surface area (Å²) in [5, 5.41) is 5.67. The summed E-state index contributed by atoms with van der Waals surface area (Å²) in [5.41, 5.74) is 0.277. The number of carbonyl (C=O) groups excluding carboxylic acids is 1. The van der Waals surface area contributed by atoms with Gasteiger partial charge in [-0.25, -0.2) is 8.78 Å². The largest absolute Gasteiger partial charge is 0.354 e. The highest BCUT2D eigenvalue weighted by atomic mass is 19.2. The van der Waals surface area contributed by atoms with E-state index >= 15 is 0 Å². The van der Waals surface area contributed by atoms with Crippen LogP contribution >= 0.6 is 0 Å². The molecule has 2 rings (SSSR count). The zero-order valence-corrected chi connectivity index (χ0v) is 8.59. The fraction of sp³-hybridized carbons (Fsp3) is 0.364. The van der Waals surface area contributed by atoms with Crippen LogP contribution < -0.4 is 10.6 Å². The van der Waals surface area contributed by atoms with E-state index in [-0.39, 0.29) is 24.1 Å². The molecule has 1 amide bonds. The predicted molar refractivity (Wildman–Crippen MR) is 54.6 cm³/mol. The number of amides is 1. The number of carbonyl (C=O) groups is 1. The molecule has 1 aliphatic heterocycles. The van der Waals surface area contributed by atoms with Gasteiger partial charge in [0.1, 0.15) is 0 Å². The lowest BCUT2D eigenvalue weighted by Crippen LogP contribution is -2.30. The number of nitrogens with one attached hydrogen (secondary N) is 2. The Morgan fingerprint density at radius 2 is 2.25 bits per heavy atom. The molecule has 0 saturated carbocycles. The van der Waals surface area contributed by atoms with Crippen LogP contribution in [0.3, 0.4) is 0 Å². The standard InChI is InChI=1S/C11H12F2N2O/c12-9-3-1-2-7(11(9)13)5-14-8-4-10(16)15-6-8/h1-3,8,14H,4-6H2,(H,15,16). The van der Waals surface area contributed by atoms with Gasteiger partial charge in [0.2, 0.25) is 5.91 Å². The Hall–Kier alpha value is -1.49. The molecule has 1 saturated heterocycles. The molecule has 0 spiro atoms. The first-order valence-electron chi connectivity index (χ1n) is 5.10. The lowest BCUT2D eigenvalue weighted by molar-refractivity contribution is -0.119. The summed E-state index contributed by atoms with van der Waals surface area (Å²) in [6.45, 7) is 0.763. The SMILES string of the molecule is O=C1CC(NCc2cccc(F)c2F)CN1. The van der Waals surface area contributed by atoms with Crippen LogP contribution in [-0.4, -0.2) is 18.5 Å². The van der Waals surface area contributed by atoms with Crippen molar-refractivity contribution in [2.45, 2.75) is 19.0 Å². The topological polar surface area (TPSA) is 41.1 Å². The van der Waals surface area contributed by atoms with Crippen LogP contribution in [0.5, 0.6) is 0 Å². The monoisotopic (exact) mass is 226 g/mol. The average Bonchev–Trinajstić information content (AvgIpc) is 2.67. The van der Waals surface area contributed by atoms with Crippen molar-refractivity contribution in [1.82, 2.24) is 10.6 Å². The Kier molecular flexibility index (Phi) is 3.14. The molecule has 0 radical (unpaired) electrons. The summed E-state index contributed by atoms with van der Waals surface area (Å²) in [7, 11) is 0. The fourth-order valence-corrected chi connectivity index (χ4v) is 1.69. The quantitative estimate of drug-likeness (QED) is 0.805. The maximum absolute atomic E-state index is 13.3. The molecule has 1 fully saturated rings. The van der Waals surface area contributed by atoms with Gasteiger partial charge in [-0.1, -0.05) is 12.1 Å². The van der Waals surface area contributed by atoms with Gasteiger partial charge in [0.25, 0.3) is 0 Å². The van der Waals surface area contributed by atoms with Gasteiger partial charge in [0.05, 0.1) is 0 Å². The minimum absolute atomic E-state index is 0.00447.